The van der Waals surface area contributed by atoms with E-state index in [1.807, 2.05) is 50.2 Å². The molecule has 0 saturated carbocycles. The number of ether oxygens (including phenoxy) is 3. The summed E-state index contributed by atoms with van der Waals surface area (Å²) in [5.41, 5.74) is 2.69. The molecule has 3 rings (SSSR count). The molecule has 0 spiro atoms. The fraction of sp³-hybridized carbons (Fsp3) is 0.370. The van der Waals surface area contributed by atoms with E-state index >= 15 is 0 Å². The van der Waals surface area contributed by atoms with Gasteiger partial charge in [-0.3, -0.25) is 4.79 Å². The van der Waals surface area contributed by atoms with Gasteiger partial charge in [0, 0.05) is 12.0 Å². The molecule has 0 radical (unpaired) electrons. The Bertz CT molecular complexity index is 1140. The topological polar surface area (TPSA) is 99.9 Å². The predicted molar refractivity (Wildman–Crippen MR) is 132 cm³/mol. The molecule has 1 amide bonds. The number of amides is 1. The van der Waals surface area contributed by atoms with Gasteiger partial charge in [0.1, 0.15) is 11.5 Å². The fourth-order valence-corrected chi connectivity index (χ4v) is 3.59. The van der Waals surface area contributed by atoms with Crippen LogP contribution in [0.15, 0.2) is 52.9 Å². The number of aromatic nitrogens is 1. The van der Waals surface area contributed by atoms with Gasteiger partial charge in [-0.2, -0.15) is 0 Å². The third kappa shape index (κ3) is 7.16. The molecule has 1 aromatic heterocycles. The van der Waals surface area contributed by atoms with Gasteiger partial charge >= 0.3 is 5.97 Å². The van der Waals surface area contributed by atoms with Gasteiger partial charge in [-0.1, -0.05) is 24.3 Å². The Kier molecular flexibility index (Phi) is 9.03. The highest BCUT2D eigenvalue weighted by atomic mass is 16.6. The van der Waals surface area contributed by atoms with E-state index in [4.69, 9.17) is 18.6 Å². The van der Waals surface area contributed by atoms with E-state index in [0.717, 1.165) is 11.1 Å². The summed E-state index contributed by atoms with van der Waals surface area (Å²) in [6.07, 6.45) is -0.557. The highest BCUT2D eigenvalue weighted by Gasteiger charge is 2.23. The number of carbonyl (C=O) groups excluding carboxylic acids is 2. The van der Waals surface area contributed by atoms with E-state index in [-0.39, 0.29) is 25.0 Å². The standard InChI is InChI=1S/C27H32N2O6/c1-6-33-27(31)24(34-17(2)3)15-19-12-13-23(32-5)22(14-19)28-25(30)16-21-18(4)35-26(29-21)20-10-8-7-9-11-20/h7-14,17,24H,6,15-16H2,1-5H3,(H,28,30). The van der Waals surface area contributed by atoms with Gasteiger partial charge in [0.05, 0.1) is 37.6 Å². The summed E-state index contributed by atoms with van der Waals surface area (Å²) in [6.45, 7) is 7.54. The van der Waals surface area contributed by atoms with Crippen molar-refractivity contribution in [2.45, 2.75) is 52.7 Å². The molecule has 1 unspecified atom stereocenters. The van der Waals surface area contributed by atoms with Crippen molar-refractivity contribution < 1.29 is 28.2 Å². The van der Waals surface area contributed by atoms with E-state index in [2.05, 4.69) is 10.3 Å². The van der Waals surface area contributed by atoms with Gasteiger partial charge in [-0.05, 0) is 57.5 Å². The first-order chi connectivity index (χ1) is 16.8. The van der Waals surface area contributed by atoms with Crippen molar-refractivity contribution in [1.29, 1.82) is 0 Å². The first-order valence-electron chi connectivity index (χ1n) is 11.6. The maximum absolute atomic E-state index is 12.9. The van der Waals surface area contributed by atoms with Crippen LogP contribution in [0.1, 0.15) is 37.8 Å². The molecule has 1 N–H and O–H groups in total. The first-order valence-corrected chi connectivity index (χ1v) is 11.6. The summed E-state index contributed by atoms with van der Waals surface area (Å²) in [6, 6.07) is 14.9. The van der Waals surface area contributed by atoms with E-state index in [1.165, 1.54) is 7.11 Å². The summed E-state index contributed by atoms with van der Waals surface area (Å²) in [4.78, 5) is 29.7. The highest BCUT2D eigenvalue weighted by molar-refractivity contribution is 5.93. The summed E-state index contributed by atoms with van der Waals surface area (Å²) >= 11 is 0. The lowest BCUT2D eigenvalue weighted by molar-refractivity contribution is -0.159. The zero-order valence-corrected chi connectivity index (χ0v) is 20.8. The Labute approximate surface area is 205 Å². The number of benzene rings is 2. The number of nitrogens with zero attached hydrogens (tertiary/aromatic N) is 1. The molecular weight excluding hydrogens is 448 g/mol. The van der Waals surface area contributed by atoms with Crippen molar-refractivity contribution in [3.8, 4) is 17.2 Å². The average molecular weight is 481 g/mol. The molecule has 0 fully saturated rings. The summed E-state index contributed by atoms with van der Waals surface area (Å²) < 4.78 is 22.1. The zero-order valence-electron chi connectivity index (χ0n) is 20.8. The molecule has 186 valence electrons. The third-order valence-electron chi connectivity index (χ3n) is 5.19. The number of aryl methyl sites for hydroxylation is 1. The van der Waals surface area contributed by atoms with Crippen molar-refractivity contribution in [3.05, 3.63) is 65.5 Å². The first kappa shape index (κ1) is 26.0. The Morgan fingerprint density at radius 3 is 2.51 bits per heavy atom. The molecule has 8 nitrogen and oxygen atoms in total. The Morgan fingerprint density at radius 1 is 1.11 bits per heavy atom. The third-order valence-corrected chi connectivity index (χ3v) is 5.19. The van der Waals surface area contributed by atoms with Crippen molar-refractivity contribution in [2.75, 3.05) is 19.0 Å². The fourth-order valence-electron chi connectivity index (χ4n) is 3.59. The van der Waals surface area contributed by atoms with Gasteiger partial charge in [-0.25, -0.2) is 9.78 Å². The van der Waals surface area contributed by atoms with Crippen molar-refractivity contribution in [2.24, 2.45) is 0 Å². The number of hydrogen-bond acceptors (Lipinski definition) is 7. The predicted octanol–water partition coefficient (Wildman–Crippen LogP) is 4.74. The lowest BCUT2D eigenvalue weighted by Crippen LogP contribution is -2.31. The van der Waals surface area contributed by atoms with Crippen molar-refractivity contribution in [1.82, 2.24) is 4.98 Å². The van der Waals surface area contributed by atoms with Crippen LogP contribution in [-0.4, -0.2) is 42.8 Å². The van der Waals surface area contributed by atoms with Gasteiger partial charge in [-0.15, -0.1) is 0 Å². The van der Waals surface area contributed by atoms with Crippen LogP contribution in [0, 0.1) is 6.92 Å². The van der Waals surface area contributed by atoms with E-state index < -0.39 is 12.1 Å². The smallest absolute Gasteiger partial charge is 0.335 e. The minimum absolute atomic E-state index is 0.0391. The molecule has 0 aliphatic heterocycles. The second-order valence-electron chi connectivity index (χ2n) is 8.28. The number of hydrogen-bond donors (Lipinski definition) is 1. The van der Waals surface area contributed by atoms with Crippen LogP contribution < -0.4 is 10.1 Å². The zero-order chi connectivity index (χ0) is 25.4. The summed E-state index contributed by atoms with van der Waals surface area (Å²) in [5.74, 6) is 0.875. The normalized spacial score (nSPS) is 11.8. The SMILES string of the molecule is CCOC(=O)C(Cc1ccc(OC)c(NC(=O)Cc2nc(-c3ccccc3)oc2C)c1)OC(C)C. The number of rotatable bonds is 11. The molecule has 0 saturated heterocycles. The largest absolute Gasteiger partial charge is 0.495 e. The molecule has 8 heteroatoms. The van der Waals surface area contributed by atoms with E-state index in [9.17, 15) is 9.59 Å². The lowest BCUT2D eigenvalue weighted by atomic mass is 10.1. The number of carbonyl (C=O) groups is 2. The van der Waals surface area contributed by atoms with Gasteiger partial charge in [0.15, 0.2) is 6.10 Å². The minimum Gasteiger partial charge on any atom is -0.495 e. The van der Waals surface area contributed by atoms with Crippen LogP contribution in [0.4, 0.5) is 5.69 Å². The van der Waals surface area contributed by atoms with Crippen molar-refractivity contribution >= 4 is 17.6 Å². The Morgan fingerprint density at radius 2 is 1.86 bits per heavy atom. The number of methoxy groups -OCH3 is 1. The number of esters is 1. The second kappa shape index (κ2) is 12.2. The maximum atomic E-state index is 12.9. The highest BCUT2D eigenvalue weighted by Crippen LogP contribution is 2.27. The van der Waals surface area contributed by atoms with Gasteiger partial charge in [0.25, 0.3) is 0 Å². The molecule has 0 aliphatic rings. The Balaban J connectivity index is 1.75. The Hall–Kier alpha value is -3.65. The average Bonchev–Trinajstić information content (AvgIpc) is 3.19. The van der Waals surface area contributed by atoms with Crippen LogP contribution in [-0.2, 0) is 31.9 Å². The van der Waals surface area contributed by atoms with Crippen LogP contribution in [0.3, 0.4) is 0 Å². The van der Waals surface area contributed by atoms with Gasteiger partial charge < -0.3 is 23.9 Å². The quantitative estimate of drug-likeness (QED) is 0.396. The second-order valence-corrected chi connectivity index (χ2v) is 8.28. The maximum Gasteiger partial charge on any atom is 0.335 e. The molecule has 35 heavy (non-hydrogen) atoms. The van der Waals surface area contributed by atoms with Crippen LogP contribution >= 0.6 is 0 Å². The molecule has 3 aromatic rings. The molecule has 2 aromatic carbocycles. The van der Waals surface area contributed by atoms with Crippen LogP contribution in [0.5, 0.6) is 5.75 Å². The van der Waals surface area contributed by atoms with Gasteiger partial charge in [0.2, 0.25) is 11.8 Å². The molecule has 1 heterocycles. The minimum atomic E-state index is -0.749. The lowest BCUT2D eigenvalue weighted by Gasteiger charge is -2.20. The molecular formula is C27H32N2O6. The van der Waals surface area contributed by atoms with Crippen LogP contribution in [0.25, 0.3) is 11.5 Å². The van der Waals surface area contributed by atoms with Crippen molar-refractivity contribution in [3.63, 3.8) is 0 Å². The molecule has 0 bridgehead atoms. The number of oxazole rings is 1. The van der Waals surface area contributed by atoms with E-state index in [1.54, 1.807) is 26.0 Å². The molecule has 1 atom stereocenters. The number of anilines is 1. The summed E-state index contributed by atoms with van der Waals surface area (Å²) in [5, 5.41) is 2.89. The monoisotopic (exact) mass is 480 g/mol. The van der Waals surface area contributed by atoms with E-state index in [0.29, 0.717) is 35.2 Å². The number of nitrogens with one attached hydrogen (secondary N) is 1. The van der Waals surface area contributed by atoms with Crippen LogP contribution in [0.2, 0.25) is 0 Å². The molecule has 0 aliphatic carbocycles. The summed E-state index contributed by atoms with van der Waals surface area (Å²) in [7, 11) is 1.53.